The lowest BCUT2D eigenvalue weighted by atomic mass is 10.1. The number of H-pyrrole nitrogens is 1. The van der Waals surface area contributed by atoms with Crippen LogP contribution in [0.3, 0.4) is 0 Å². The molecule has 2 heterocycles. The third kappa shape index (κ3) is 1.13. The highest BCUT2D eigenvalue weighted by Gasteiger charge is 2.26. The van der Waals surface area contributed by atoms with Crippen LogP contribution < -0.4 is 11.4 Å². The van der Waals surface area contributed by atoms with Crippen LogP contribution >= 0.6 is 0 Å². The fourth-order valence-corrected chi connectivity index (χ4v) is 1.67. The monoisotopic (exact) mass is 187 g/mol. The molecule has 0 amide bonds. The van der Waals surface area contributed by atoms with E-state index in [2.05, 4.69) is 0 Å². The van der Waals surface area contributed by atoms with Crippen molar-refractivity contribution in [3.05, 3.63) is 21.0 Å². The first kappa shape index (κ1) is 8.28. The zero-order chi connectivity index (χ0) is 9.59. The highest BCUT2D eigenvalue weighted by Crippen LogP contribution is 2.22. The Morgan fingerprint density at radius 1 is 1.46 bits per heavy atom. The molecule has 13 heavy (non-hydrogen) atoms. The number of hydrogen-bond acceptors (Lipinski definition) is 2. The van der Waals surface area contributed by atoms with Crippen LogP contribution in [0.4, 0.5) is 4.39 Å². The number of aromatic amines is 1. The second-order valence-corrected chi connectivity index (χ2v) is 3.44. The van der Waals surface area contributed by atoms with Crippen LogP contribution in [-0.4, -0.2) is 14.3 Å². The van der Waals surface area contributed by atoms with Crippen molar-refractivity contribution in [2.75, 3.05) is 0 Å². The number of aromatic nitrogens is 3. The summed E-state index contributed by atoms with van der Waals surface area (Å²) in [6, 6.07) is 0. The Morgan fingerprint density at radius 3 is 2.85 bits per heavy atom. The standard InChI is InChI=1S/C7H10FN3O2/c1-4-2-5(8)11-7(13)9-6(12)10(11)3-4/h4-5H,2-3H2,1H3,(H,9,12,13). The maximum absolute atomic E-state index is 13.3. The molecule has 0 aromatic carbocycles. The molecule has 0 saturated heterocycles. The van der Waals surface area contributed by atoms with E-state index in [1.165, 1.54) is 0 Å². The molecule has 0 aliphatic carbocycles. The minimum Gasteiger partial charge on any atom is -0.256 e. The Morgan fingerprint density at radius 2 is 2.15 bits per heavy atom. The SMILES string of the molecule is CC1CC(F)n2c(=O)[nH]c(=O)n2C1. The van der Waals surface area contributed by atoms with Crippen molar-refractivity contribution in [1.82, 2.24) is 14.3 Å². The molecule has 1 N–H and O–H groups in total. The molecule has 2 unspecified atom stereocenters. The Balaban J connectivity index is 2.64. The Bertz CT molecular complexity index is 430. The number of fused-ring (bicyclic) bond motifs is 1. The van der Waals surface area contributed by atoms with E-state index < -0.39 is 17.7 Å². The second kappa shape index (κ2) is 2.58. The lowest BCUT2D eigenvalue weighted by Crippen LogP contribution is -2.36. The van der Waals surface area contributed by atoms with Crippen molar-refractivity contribution in [1.29, 1.82) is 0 Å². The molecule has 1 aliphatic heterocycles. The van der Waals surface area contributed by atoms with Gasteiger partial charge in [0.25, 0.3) is 0 Å². The highest BCUT2D eigenvalue weighted by molar-refractivity contribution is 4.76. The van der Waals surface area contributed by atoms with Gasteiger partial charge in [0, 0.05) is 13.0 Å². The van der Waals surface area contributed by atoms with E-state index in [9.17, 15) is 14.0 Å². The van der Waals surface area contributed by atoms with E-state index in [-0.39, 0.29) is 12.3 Å². The van der Waals surface area contributed by atoms with Crippen LogP contribution in [0.5, 0.6) is 0 Å². The predicted molar refractivity (Wildman–Crippen MR) is 43.2 cm³/mol. The number of nitrogens with zero attached hydrogens (tertiary/aromatic N) is 2. The molecule has 0 fully saturated rings. The van der Waals surface area contributed by atoms with E-state index in [1.807, 2.05) is 11.9 Å². The fourth-order valence-electron chi connectivity index (χ4n) is 1.67. The third-order valence-electron chi connectivity index (χ3n) is 2.26. The molecule has 1 aromatic heterocycles. The van der Waals surface area contributed by atoms with Crippen molar-refractivity contribution >= 4 is 0 Å². The Kier molecular flexibility index (Phi) is 1.64. The largest absolute Gasteiger partial charge is 0.347 e. The van der Waals surface area contributed by atoms with Crippen molar-refractivity contribution < 1.29 is 4.39 Å². The van der Waals surface area contributed by atoms with Crippen molar-refractivity contribution in [2.24, 2.45) is 5.92 Å². The van der Waals surface area contributed by atoms with Gasteiger partial charge >= 0.3 is 11.4 Å². The molecule has 2 rings (SSSR count). The molecule has 6 heteroatoms. The molecule has 0 saturated carbocycles. The van der Waals surface area contributed by atoms with Gasteiger partial charge in [-0.15, -0.1) is 0 Å². The second-order valence-electron chi connectivity index (χ2n) is 3.44. The van der Waals surface area contributed by atoms with Crippen molar-refractivity contribution in [2.45, 2.75) is 26.2 Å². The number of hydrogen-bond donors (Lipinski definition) is 1. The normalized spacial score (nSPS) is 27.2. The van der Waals surface area contributed by atoms with Crippen molar-refractivity contribution in [3.63, 3.8) is 0 Å². The average molecular weight is 187 g/mol. The summed E-state index contributed by atoms with van der Waals surface area (Å²) in [7, 11) is 0. The van der Waals surface area contributed by atoms with Gasteiger partial charge in [-0.25, -0.2) is 18.7 Å². The minimum atomic E-state index is -1.38. The summed E-state index contributed by atoms with van der Waals surface area (Å²) in [4.78, 5) is 24.2. The van der Waals surface area contributed by atoms with Crippen LogP contribution in [0, 0.1) is 5.92 Å². The fraction of sp³-hybridized carbons (Fsp3) is 0.714. The lowest BCUT2D eigenvalue weighted by Gasteiger charge is -2.24. The zero-order valence-corrected chi connectivity index (χ0v) is 7.16. The molecule has 1 aromatic rings. The van der Waals surface area contributed by atoms with Crippen LogP contribution in [-0.2, 0) is 6.54 Å². The average Bonchev–Trinajstić information content (AvgIpc) is 2.27. The van der Waals surface area contributed by atoms with E-state index in [0.717, 1.165) is 9.36 Å². The van der Waals surface area contributed by atoms with Crippen molar-refractivity contribution in [3.8, 4) is 0 Å². The van der Waals surface area contributed by atoms with Gasteiger partial charge in [0.2, 0.25) is 0 Å². The number of rotatable bonds is 0. The summed E-state index contributed by atoms with van der Waals surface area (Å²) in [5, 5.41) is 0. The summed E-state index contributed by atoms with van der Waals surface area (Å²) in [5.41, 5.74) is -1.19. The first-order valence-electron chi connectivity index (χ1n) is 4.15. The van der Waals surface area contributed by atoms with Gasteiger partial charge in [-0.3, -0.25) is 4.98 Å². The summed E-state index contributed by atoms with van der Waals surface area (Å²) in [5.74, 6) is 0.0860. The maximum Gasteiger partial charge on any atom is 0.347 e. The molecular weight excluding hydrogens is 177 g/mol. The molecule has 2 atom stereocenters. The van der Waals surface area contributed by atoms with Gasteiger partial charge in [0.05, 0.1) is 0 Å². The molecule has 0 spiro atoms. The Labute approximate surface area is 72.8 Å². The topological polar surface area (TPSA) is 59.8 Å². The predicted octanol–water partition coefficient (Wildman–Crippen LogP) is -0.154. The highest BCUT2D eigenvalue weighted by atomic mass is 19.1. The summed E-state index contributed by atoms with van der Waals surface area (Å²) < 4.78 is 15.3. The molecule has 0 bridgehead atoms. The van der Waals surface area contributed by atoms with E-state index >= 15 is 0 Å². The van der Waals surface area contributed by atoms with E-state index in [1.54, 1.807) is 0 Å². The maximum atomic E-state index is 13.3. The van der Waals surface area contributed by atoms with E-state index in [0.29, 0.717) is 6.54 Å². The molecule has 5 nitrogen and oxygen atoms in total. The van der Waals surface area contributed by atoms with Gasteiger partial charge in [0.1, 0.15) is 0 Å². The first-order valence-corrected chi connectivity index (χ1v) is 4.15. The summed E-state index contributed by atoms with van der Waals surface area (Å²) in [6.45, 7) is 2.25. The molecule has 0 radical (unpaired) electrons. The molecular formula is C7H10FN3O2. The smallest absolute Gasteiger partial charge is 0.256 e. The van der Waals surface area contributed by atoms with Crippen LogP contribution in [0.15, 0.2) is 9.59 Å². The third-order valence-corrected chi connectivity index (χ3v) is 2.26. The Hall–Kier alpha value is -1.33. The zero-order valence-electron chi connectivity index (χ0n) is 7.16. The van der Waals surface area contributed by atoms with Crippen LogP contribution in [0.25, 0.3) is 0 Å². The number of halogens is 1. The molecule has 72 valence electrons. The quantitative estimate of drug-likeness (QED) is 0.613. The summed E-state index contributed by atoms with van der Waals surface area (Å²) in [6.07, 6.45) is -1.09. The minimum absolute atomic E-state index is 0.0860. The van der Waals surface area contributed by atoms with Crippen LogP contribution in [0.2, 0.25) is 0 Å². The lowest BCUT2D eigenvalue weighted by molar-refractivity contribution is 0.100. The molecule has 1 aliphatic rings. The number of nitrogens with one attached hydrogen (secondary N) is 1. The van der Waals surface area contributed by atoms with Gasteiger partial charge < -0.3 is 0 Å². The van der Waals surface area contributed by atoms with E-state index in [4.69, 9.17) is 0 Å². The van der Waals surface area contributed by atoms with Gasteiger partial charge in [-0.05, 0) is 5.92 Å². The summed E-state index contributed by atoms with van der Waals surface area (Å²) >= 11 is 0. The van der Waals surface area contributed by atoms with Crippen LogP contribution in [0.1, 0.15) is 19.6 Å². The number of alkyl halides is 1. The van der Waals surface area contributed by atoms with Gasteiger partial charge in [-0.1, -0.05) is 6.92 Å². The van der Waals surface area contributed by atoms with Gasteiger partial charge in [-0.2, -0.15) is 4.68 Å². The first-order chi connectivity index (χ1) is 6.09. The van der Waals surface area contributed by atoms with Gasteiger partial charge in [0.15, 0.2) is 6.30 Å².